The molecule has 2 heterocycles. The van der Waals surface area contributed by atoms with Gasteiger partial charge in [-0.3, -0.25) is 9.79 Å². The van der Waals surface area contributed by atoms with Gasteiger partial charge in [0.05, 0.1) is 5.69 Å². The number of rotatable bonds is 4. The van der Waals surface area contributed by atoms with E-state index < -0.39 is 0 Å². The Kier molecular flexibility index (Phi) is 4.71. The molecule has 1 unspecified atom stereocenters. The van der Waals surface area contributed by atoms with Crippen LogP contribution in [0.5, 0.6) is 0 Å². The average molecular weight is 348 g/mol. The molecule has 0 aliphatic carbocycles. The van der Waals surface area contributed by atoms with Gasteiger partial charge in [0, 0.05) is 43.8 Å². The summed E-state index contributed by atoms with van der Waals surface area (Å²) in [5.41, 5.74) is 3.99. The van der Waals surface area contributed by atoms with Gasteiger partial charge in [0.25, 0.3) is 0 Å². The van der Waals surface area contributed by atoms with Crippen LogP contribution in [0.4, 0.5) is 17.1 Å². The first kappa shape index (κ1) is 16.8. The van der Waals surface area contributed by atoms with Gasteiger partial charge in [-0.2, -0.15) is 0 Å². The third-order valence-electron chi connectivity index (χ3n) is 5.24. The fourth-order valence-electron chi connectivity index (χ4n) is 3.61. The van der Waals surface area contributed by atoms with Gasteiger partial charge in [-0.1, -0.05) is 25.1 Å². The molecule has 2 aromatic rings. The molecule has 134 valence electrons. The highest BCUT2D eigenvalue weighted by molar-refractivity contribution is 6.12. The van der Waals surface area contributed by atoms with Crippen molar-refractivity contribution < 1.29 is 4.79 Å². The van der Waals surface area contributed by atoms with E-state index in [2.05, 4.69) is 39.2 Å². The van der Waals surface area contributed by atoms with Crippen LogP contribution in [0.15, 0.2) is 53.5 Å². The van der Waals surface area contributed by atoms with E-state index in [-0.39, 0.29) is 11.8 Å². The minimum atomic E-state index is -0.312. The van der Waals surface area contributed by atoms with Gasteiger partial charge in [-0.15, -0.1) is 0 Å². The van der Waals surface area contributed by atoms with Crippen LogP contribution in [0.1, 0.15) is 18.4 Å². The number of anilines is 2. The molecule has 0 saturated carbocycles. The minimum absolute atomic E-state index is 0.0136. The number of hydrogen-bond acceptors (Lipinski definition) is 4. The first-order valence-electron chi connectivity index (χ1n) is 9.26. The quantitative estimate of drug-likeness (QED) is 0.863. The van der Waals surface area contributed by atoms with Crippen molar-refractivity contribution in [2.45, 2.75) is 12.8 Å². The number of para-hydroxylation sites is 1. The van der Waals surface area contributed by atoms with Crippen LogP contribution in [-0.2, 0) is 4.79 Å². The summed E-state index contributed by atoms with van der Waals surface area (Å²) < 4.78 is 0. The summed E-state index contributed by atoms with van der Waals surface area (Å²) in [6.07, 6.45) is 1.75. The summed E-state index contributed by atoms with van der Waals surface area (Å²) in [6, 6.07) is 16.1. The Morgan fingerprint density at radius 2 is 1.81 bits per heavy atom. The molecule has 5 heteroatoms. The van der Waals surface area contributed by atoms with E-state index >= 15 is 0 Å². The first-order chi connectivity index (χ1) is 12.7. The number of nitrogens with zero attached hydrogens (tertiary/aromatic N) is 3. The smallest absolute Gasteiger partial charge is 0.237 e. The highest BCUT2D eigenvalue weighted by Gasteiger charge is 2.28. The Morgan fingerprint density at radius 3 is 2.54 bits per heavy atom. The molecule has 0 radical (unpaired) electrons. The second-order valence-corrected chi connectivity index (χ2v) is 6.77. The standard InChI is InChI=1S/C21H24N4O/c1-2-24-11-13-25(14-12-24)17-9-7-16(8-10-17)22-15-19-18-5-3-4-6-20(18)23-21(19)26/h3-10,15,19H,2,11-14H2,1H3,(H,23,26). The number of likely N-dealkylation sites (N-methyl/N-ethyl adjacent to an activating group) is 1. The summed E-state index contributed by atoms with van der Waals surface area (Å²) >= 11 is 0. The Hall–Kier alpha value is -2.66. The zero-order valence-electron chi connectivity index (χ0n) is 15.1. The minimum Gasteiger partial charge on any atom is -0.369 e. The van der Waals surface area contributed by atoms with Crippen molar-refractivity contribution in [3.63, 3.8) is 0 Å². The third kappa shape index (κ3) is 3.35. The Balaban J connectivity index is 1.43. The molecule has 1 atom stereocenters. The Bertz CT molecular complexity index is 807. The predicted octanol–water partition coefficient (Wildman–Crippen LogP) is 3.27. The Morgan fingerprint density at radius 1 is 1.08 bits per heavy atom. The lowest BCUT2D eigenvalue weighted by atomic mass is 10.0. The predicted molar refractivity (Wildman–Crippen MR) is 107 cm³/mol. The van der Waals surface area contributed by atoms with Gasteiger partial charge in [-0.05, 0) is 42.4 Å². The highest BCUT2D eigenvalue weighted by atomic mass is 16.2. The molecular formula is C21H24N4O. The normalized spacial score (nSPS) is 20.4. The molecule has 0 spiro atoms. The van der Waals surface area contributed by atoms with E-state index in [9.17, 15) is 4.79 Å². The summed E-state index contributed by atoms with van der Waals surface area (Å²) in [4.78, 5) is 21.6. The number of amides is 1. The fraction of sp³-hybridized carbons (Fsp3) is 0.333. The van der Waals surface area contributed by atoms with Crippen LogP contribution in [0, 0.1) is 0 Å². The van der Waals surface area contributed by atoms with Crippen molar-refractivity contribution in [1.29, 1.82) is 0 Å². The average Bonchev–Trinajstić information content (AvgIpc) is 3.02. The largest absolute Gasteiger partial charge is 0.369 e. The molecule has 2 aromatic carbocycles. The molecule has 1 amide bonds. The maximum atomic E-state index is 12.2. The van der Waals surface area contributed by atoms with Gasteiger partial charge in [0.1, 0.15) is 5.92 Å². The van der Waals surface area contributed by atoms with Crippen LogP contribution in [0.2, 0.25) is 0 Å². The maximum Gasteiger partial charge on any atom is 0.237 e. The fourth-order valence-corrected chi connectivity index (χ4v) is 3.61. The lowest BCUT2D eigenvalue weighted by Gasteiger charge is -2.35. The number of aliphatic imine (C=N–C) groups is 1. The maximum absolute atomic E-state index is 12.2. The third-order valence-corrected chi connectivity index (χ3v) is 5.24. The van der Waals surface area contributed by atoms with Gasteiger partial charge in [-0.25, -0.2) is 0 Å². The number of carbonyl (C=O) groups excluding carboxylic acids is 1. The number of nitrogens with one attached hydrogen (secondary N) is 1. The van der Waals surface area contributed by atoms with E-state index in [0.29, 0.717) is 0 Å². The molecule has 1 N–H and O–H groups in total. The molecule has 4 rings (SSSR count). The van der Waals surface area contributed by atoms with E-state index in [1.165, 1.54) is 5.69 Å². The number of hydrogen-bond donors (Lipinski definition) is 1. The van der Waals surface area contributed by atoms with Crippen LogP contribution in [-0.4, -0.2) is 49.7 Å². The molecular weight excluding hydrogens is 324 g/mol. The van der Waals surface area contributed by atoms with E-state index in [1.54, 1.807) is 6.21 Å². The van der Waals surface area contributed by atoms with Crippen molar-refractivity contribution >= 4 is 29.2 Å². The molecule has 2 aliphatic heterocycles. The molecule has 5 nitrogen and oxygen atoms in total. The molecule has 0 aromatic heterocycles. The van der Waals surface area contributed by atoms with E-state index in [4.69, 9.17) is 0 Å². The second kappa shape index (κ2) is 7.30. The first-order valence-corrected chi connectivity index (χ1v) is 9.26. The topological polar surface area (TPSA) is 47.9 Å². The van der Waals surface area contributed by atoms with E-state index in [0.717, 1.165) is 49.7 Å². The van der Waals surface area contributed by atoms with Crippen molar-refractivity contribution in [2.24, 2.45) is 4.99 Å². The lowest BCUT2D eigenvalue weighted by Crippen LogP contribution is -2.46. The second-order valence-electron chi connectivity index (χ2n) is 6.77. The molecule has 1 saturated heterocycles. The van der Waals surface area contributed by atoms with Crippen LogP contribution in [0.3, 0.4) is 0 Å². The van der Waals surface area contributed by atoms with Crippen molar-refractivity contribution in [1.82, 2.24) is 4.90 Å². The Labute approximate surface area is 154 Å². The van der Waals surface area contributed by atoms with Crippen LogP contribution >= 0.6 is 0 Å². The number of piperazine rings is 1. The summed E-state index contributed by atoms with van der Waals surface area (Å²) in [7, 11) is 0. The number of benzene rings is 2. The molecule has 0 bridgehead atoms. The summed E-state index contributed by atoms with van der Waals surface area (Å²) in [5.74, 6) is -0.326. The SMILES string of the molecule is CCN1CCN(c2ccc(N=CC3C(=O)Nc4ccccc43)cc2)CC1. The summed E-state index contributed by atoms with van der Waals surface area (Å²) in [5, 5.41) is 2.90. The molecule has 1 fully saturated rings. The lowest BCUT2D eigenvalue weighted by molar-refractivity contribution is -0.115. The number of fused-ring (bicyclic) bond motifs is 1. The van der Waals surface area contributed by atoms with Gasteiger partial charge in [0.15, 0.2) is 0 Å². The van der Waals surface area contributed by atoms with Gasteiger partial charge < -0.3 is 15.1 Å². The zero-order chi connectivity index (χ0) is 17.9. The molecule has 26 heavy (non-hydrogen) atoms. The van der Waals surface area contributed by atoms with Crippen LogP contribution in [0.25, 0.3) is 0 Å². The highest BCUT2D eigenvalue weighted by Crippen LogP contribution is 2.31. The van der Waals surface area contributed by atoms with Crippen molar-refractivity contribution in [2.75, 3.05) is 42.9 Å². The number of carbonyl (C=O) groups is 1. The molecule has 2 aliphatic rings. The van der Waals surface area contributed by atoms with E-state index in [1.807, 2.05) is 36.4 Å². The monoisotopic (exact) mass is 348 g/mol. The van der Waals surface area contributed by atoms with Crippen molar-refractivity contribution in [3.05, 3.63) is 54.1 Å². The van der Waals surface area contributed by atoms with Crippen LogP contribution < -0.4 is 10.2 Å². The van der Waals surface area contributed by atoms with Crippen molar-refractivity contribution in [3.8, 4) is 0 Å². The van der Waals surface area contributed by atoms with Gasteiger partial charge in [0.2, 0.25) is 5.91 Å². The zero-order valence-corrected chi connectivity index (χ0v) is 15.1. The summed E-state index contributed by atoms with van der Waals surface area (Å²) in [6.45, 7) is 7.70. The van der Waals surface area contributed by atoms with Gasteiger partial charge >= 0.3 is 0 Å².